The largest absolute Gasteiger partial charge is 0.465 e. The Morgan fingerprint density at radius 2 is 2.31 bits per heavy atom. The molecule has 1 saturated heterocycles. The standard InChI is InChI=1S/C17H20N4O4S/c1-11-9-21(5-6-25-11)13-4-2-3-12(7-13)14-10-26-16(19-14)20-15(22)8-18-17(23)24/h2-4,7,10-11,18H,5-6,8-9H2,1H3,(H,23,24)(H,19,20,22). The zero-order valence-electron chi connectivity index (χ0n) is 14.3. The van der Waals surface area contributed by atoms with Crippen LogP contribution in [0.1, 0.15) is 6.92 Å². The lowest BCUT2D eigenvalue weighted by molar-refractivity contribution is -0.115. The van der Waals surface area contributed by atoms with Gasteiger partial charge in [0.15, 0.2) is 5.13 Å². The number of carbonyl (C=O) groups excluding carboxylic acids is 1. The van der Waals surface area contributed by atoms with Crippen molar-refractivity contribution in [1.82, 2.24) is 10.3 Å². The van der Waals surface area contributed by atoms with Crippen LogP contribution in [0.4, 0.5) is 15.6 Å². The predicted octanol–water partition coefficient (Wildman–Crippen LogP) is 2.24. The highest BCUT2D eigenvalue weighted by Crippen LogP contribution is 2.28. The molecule has 3 rings (SSSR count). The SMILES string of the molecule is CC1CN(c2cccc(-c3csc(NC(=O)CNC(=O)O)n3)c2)CCO1. The zero-order valence-corrected chi connectivity index (χ0v) is 15.1. The molecule has 3 N–H and O–H groups in total. The Bertz CT molecular complexity index is 795. The van der Waals surface area contributed by atoms with Crippen LogP contribution in [0.5, 0.6) is 0 Å². The number of carbonyl (C=O) groups is 2. The summed E-state index contributed by atoms with van der Waals surface area (Å²) >= 11 is 1.30. The average Bonchev–Trinajstić information content (AvgIpc) is 3.08. The smallest absolute Gasteiger partial charge is 0.405 e. The number of hydrogen-bond donors (Lipinski definition) is 3. The van der Waals surface area contributed by atoms with Gasteiger partial charge in [-0.3, -0.25) is 4.79 Å². The van der Waals surface area contributed by atoms with Gasteiger partial charge in [-0.2, -0.15) is 0 Å². The number of ether oxygens (including phenoxy) is 1. The predicted molar refractivity (Wildman–Crippen MR) is 99.8 cm³/mol. The van der Waals surface area contributed by atoms with E-state index >= 15 is 0 Å². The molecule has 1 aliphatic rings. The Labute approximate surface area is 154 Å². The van der Waals surface area contributed by atoms with Crippen LogP contribution in [0, 0.1) is 0 Å². The second kappa shape index (κ2) is 8.15. The Morgan fingerprint density at radius 1 is 1.46 bits per heavy atom. The molecule has 2 heterocycles. The van der Waals surface area contributed by atoms with Crippen molar-refractivity contribution in [3.63, 3.8) is 0 Å². The van der Waals surface area contributed by atoms with Crippen LogP contribution < -0.4 is 15.5 Å². The van der Waals surface area contributed by atoms with E-state index in [2.05, 4.69) is 34.3 Å². The van der Waals surface area contributed by atoms with Gasteiger partial charge in [-0.1, -0.05) is 12.1 Å². The van der Waals surface area contributed by atoms with E-state index in [1.807, 2.05) is 22.8 Å². The first-order valence-corrected chi connectivity index (χ1v) is 9.08. The molecule has 2 amide bonds. The molecule has 1 aromatic heterocycles. The summed E-state index contributed by atoms with van der Waals surface area (Å²) in [6.07, 6.45) is -1.04. The lowest BCUT2D eigenvalue weighted by atomic mass is 10.1. The molecular weight excluding hydrogens is 356 g/mol. The minimum absolute atomic E-state index is 0.202. The molecule has 0 radical (unpaired) electrons. The maximum Gasteiger partial charge on any atom is 0.405 e. The number of hydrogen-bond acceptors (Lipinski definition) is 6. The highest BCUT2D eigenvalue weighted by atomic mass is 32.1. The summed E-state index contributed by atoms with van der Waals surface area (Å²) in [4.78, 5) is 28.8. The van der Waals surface area contributed by atoms with Gasteiger partial charge in [-0.25, -0.2) is 9.78 Å². The molecule has 0 spiro atoms. The number of nitrogens with one attached hydrogen (secondary N) is 2. The summed E-state index contributed by atoms with van der Waals surface area (Å²) in [6.45, 7) is 4.16. The lowest BCUT2D eigenvalue weighted by Crippen LogP contribution is -2.41. The first-order valence-electron chi connectivity index (χ1n) is 8.20. The van der Waals surface area contributed by atoms with Crippen molar-refractivity contribution in [1.29, 1.82) is 0 Å². The molecule has 1 aromatic carbocycles. The molecule has 1 atom stereocenters. The second-order valence-electron chi connectivity index (χ2n) is 5.92. The Balaban J connectivity index is 1.68. The van der Waals surface area contributed by atoms with E-state index in [0.717, 1.165) is 30.0 Å². The summed E-state index contributed by atoms with van der Waals surface area (Å²) in [5.41, 5.74) is 2.84. The fourth-order valence-electron chi connectivity index (χ4n) is 2.70. The number of thiazole rings is 1. The number of amides is 2. The van der Waals surface area contributed by atoms with Gasteiger partial charge in [0.2, 0.25) is 5.91 Å². The molecule has 9 heteroatoms. The second-order valence-corrected chi connectivity index (χ2v) is 6.78. The van der Waals surface area contributed by atoms with Crippen molar-refractivity contribution in [3.05, 3.63) is 29.6 Å². The molecule has 8 nitrogen and oxygen atoms in total. The number of rotatable bonds is 5. The minimum atomic E-state index is -1.24. The minimum Gasteiger partial charge on any atom is -0.465 e. The Hall–Kier alpha value is -2.65. The van der Waals surface area contributed by atoms with Crippen molar-refractivity contribution >= 4 is 34.2 Å². The van der Waals surface area contributed by atoms with Crippen molar-refractivity contribution in [2.75, 3.05) is 36.5 Å². The highest BCUT2D eigenvalue weighted by Gasteiger charge is 2.17. The van der Waals surface area contributed by atoms with Gasteiger partial charge in [0.05, 0.1) is 18.4 Å². The normalized spacial score (nSPS) is 17.0. The van der Waals surface area contributed by atoms with E-state index in [4.69, 9.17) is 9.84 Å². The molecule has 0 saturated carbocycles. The maximum atomic E-state index is 11.7. The number of aromatic nitrogens is 1. The first kappa shape index (κ1) is 18.2. The van der Waals surface area contributed by atoms with Crippen molar-refractivity contribution in [2.45, 2.75) is 13.0 Å². The topological polar surface area (TPSA) is 104 Å². The number of anilines is 2. The summed E-state index contributed by atoms with van der Waals surface area (Å²) < 4.78 is 5.58. The molecule has 26 heavy (non-hydrogen) atoms. The molecule has 1 aliphatic heterocycles. The third-order valence-electron chi connectivity index (χ3n) is 3.90. The van der Waals surface area contributed by atoms with Gasteiger partial charge < -0.3 is 25.4 Å². The third-order valence-corrected chi connectivity index (χ3v) is 4.66. The van der Waals surface area contributed by atoms with Gasteiger partial charge in [-0.15, -0.1) is 11.3 Å². The van der Waals surface area contributed by atoms with Gasteiger partial charge >= 0.3 is 6.09 Å². The molecule has 138 valence electrons. The number of nitrogens with zero attached hydrogens (tertiary/aromatic N) is 2. The number of carboxylic acid groups (broad SMARTS) is 1. The van der Waals surface area contributed by atoms with Crippen molar-refractivity contribution in [3.8, 4) is 11.3 Å². The molecule has 0 bridgehead atoms. The van der Waals surface area contributed by atoms with Crippen LogP contribution in [-0.4, -0.2) is 54.4 Å². The monoisotopic (exact) mass is 376 g/mol. The Kier molecular flexibility index (Phi) is 5.69. The van der Waals surface area contributed by atoms with Crippen molar-refractivity contribution in [2.24, 2.45) is 0 Å². The molecule has 2 aromatic rings. The van der Waals surface area contributed by atoms with Gasteiger partial charge in [0.1, 0.15) is 6.54 Å². The number of benzene rings is 1. The third kappa shape index (κ3) is 4.70. The van der Waals surface area contributed by atoms with E-state index in [1.165, 1.54) is 11.3 Å². The molecule has 0 aliphatic carbocycles. The molecular formula is C17H20N4O4S. The van der Waals surface area contributed by atoms with E-state index in [-0.39, 0.29) is 12.6 Å². The van der Waals surface area contributed by atoms with E-state index in [9.17, 15) is 9.59 Å². The van der Waals surface area contributed by atoms with Crippen molar-refractivity contribution < 1.29 is 19.4 Å². The van der Waals surface area contributed by atoms with E-state index < -0.39 is 12.0 Å². The fourth-order valence-corrected chi connectivity index (χ4v) is 3.43. The number of morpholine rings is 1. The highest BCUT2D eigenvalue weighted by molar-refractivity contribution is 7.14. The van der Waals surface area contributed by atoms with E-state index in [0.29, 0.717) is 11.7 Å². The first-order chi connectivity index (χ1) is 12.5. The maximum absolute atomic E-state index is 11.7. The van der Waals surface area contributed by atoms with Crippen LogP contribution in [0.2, 0.25) is 0 Å². The van der Waals surface area contributed by atoms with Crippen LogP contribution in [0.25, 0.3) is 11.3 Å². The van der Waals surface area contributed by atoms with Crippen LogP contribution in [-0.2, 0) is 9.53 Å². The van der Waals surface area contributed by atoms with Crippen LogP contribution in [0.15, 0.2) is 29.6 Å². The van der Waals surface area contributed by atoms with Crippen LogP contribution >= 0.6 is 11.3 Å². The van der Waals surface area contributed by atoms with E-state index in [1.54, 1.807) is 0 Å². The van der Waals surface area contributed by atoms with Gasteiger partial charge in [0, 0.05) is 29.7 Å². The Morgan fingerprint density at radius 3 is 3.08 bits per heavy atom. The van der Waals surface area contributed by atoms with Gasteiger partial charge in [0.25, 0.3) is 0 Å². The quantitative estimate of drug-likeness (QED) is 0.739. The summed E-state index contributed by atoms with van der Waals surface area (Å²) in [5.74, 6) is -0.454. The average molecular weight is 376 g/mol. The zero-order chi connectivity index (χ0) is 18.5. The molecule has 1 fully saturated rings. The lowest BCUT2D eigenvalue weighted by Gasteiger charge is -2.33. The van der Waals surface area contributed by atoms with Crippen LogP contribution in [0.3, 0.4) is 0 Å². The molecule has 1 unspecified atom stereocenters. The van der Waals surface area contributed by atoms with Gasteiger partial charge in [-0.05, 0) is 19.1 Å². The summed E-state index contributed by atoms with van der Waals surface area (Å²) in [5, 5.41) is 15.4. The summed E-state index contributed by atoms with van der Waals surface area (Å²) in [7, 11) is 0. The summed E-state index contributed by atoms with van der Waals surface area (Å²) in [6, 6.07) is 8.10. The fraction of sp³-hybridized carbons (Fsp3) is 0.353.